The molecular formula is C22H29FN4O2. The van der Waals surface area contributed by atoms with E-state index >= 15 is 0 Å². The summed E-state index contributed by atoms with van der Waals surface area (Å²) in [5.74, 6) is -1.64. The minimum absolute atomic E-state index is 0.0535. The summed E-state index contributed by atoms with van der Waals surface area (Å²) < 4.78 is 12.9. The Hall–Kier alpha value is -2.93. The molecule has 2 N–H and O–H groups in total. The van der Waals surface area contributed by atoms with Gasteiger partial charge in [-0.1, -0.05) is 24.3 Å². The maximum Gasteiger partial charge on any atom is 0.309 e. The molecule has 0 saturated heterocycles. The van der Waals surface area contributed by atoms with E-state index in [4.69, 9.17) is 0 Å². The van der Waals surface area contributed by atoms with E-state index in [1.165, 1.54) is 12.1 Å². The van der Waals surface area contributed by atoms with Crippen LogP contribution in [-0.4, -0.2) is 58.0 Å². The van der Waals surface area contributed by atoms with Crippen molar-refractivity contribution in [2.24, 2.45) is 0 Å². The maximum atomic E-state index is 12.9. The molecular weight excluding hydrogens is 371 g/mol. The van der Waals surface area contributed by atoms with Crippen LogP contribution in [0.3, 0.4) is 0 Å². The Morgan fingerprint density at radius 2 is 1.48 bits per heavy atom. The van der Waals surface area contributed by atoms with Crippen LogP contribution in [0.4, 0.5) is 10.1 Å². The van der Waals surface area contributed by atoms with Crippen LogP contribution in [0.25, 0.3) is 0 Å². The number of halogens is 1. The quantitative estimate of drug-likeness (QED) is 0.665. The molecule has 0 aromatic heterocycles. The lowest BCUT2D eigenvalue weighted by atomic mass is 10.1. The van der Waals surface area contributed by atoms with Gasteiger partial charge < -0.3 is 20.4 Å². The molecule has 2 aromatic rings. The zero-order chi connectivity index (χ0) is 21.4. The highest BCUT2D eigenvalue weighted by Crippen LogP contribution is 2.20. The largest absolute Gasteiger partial charge is 0.378 e. The van der Waals surface area contributed by atoms with Gasteiger partial charge >= 0.3 is 11.8 Å². The van der Waals surface area contributed by atoms with Crippen LogP contribution in [0.2, 0.25) is 0 Å². The van der Waals surface area contributed by atoms with Crippen molar-refractivity contribution in [3.63, 3.8) is 0 Å². The van der Waals surface area contributed by atoms with Gasteiger partial charge in [-0.15, -0.1) is 0 Å². The molecule has 2 aromatic carbocycles. The van der Waals surface area contributed by atoms with Gasteiger partial charge in [0.2, 0.25) is 0 Å². The third kappa shape index (κ3) is 6.87. The van der Waals surface area contributed by atoms with Crippen molar-refractivity contribution in [2.45, 2.75) is 12.5 Å². The van der Waals surface area contributed by atoms with Crippen molar-refractivity contribution in [2.75, 3.05) is 46.2 Å². The topological polar surface area (TPSA) is 64.7 Å². The molecule has 7 heteroatoms. The second-order valence-corrected chi connectivity index (χ2v) is 7.31. The maximum absolute atomic E-state index is 12.9. The molecule has 0 bridgehead atoms. The molecule has 2 rings (SSSR count). The van der Waals surface area contributed by atoms with E-state index in [0.29, 0.717) is 19.5 Å². The number of hydrogen-bond acceptors (Lipinski definition) is 4. The normalized spacial score (nSPS) is 11.8. The van der Waals surface area contributed by atoms with Gasteiger partial charge in [-0.3, -0.25) is 9.59 Å². The molecule has 0 heterocycles. The Kier molecular flexibility index (Phi) is 8.15. The van der Waals surface area contributed by atoms with Gasteiger partial charge in [-0.2, -0.15) is 0 Å². The number of anilines is 1. The van der Waals surface area contributed by atoms with Gasteiger partial charge in [0.25, 0.3) is 0 Å². The molecule has 0 aliphatic carbocycles. The van der Waals surface area contributed by atoms with Crippen LogP contribution in [0.1, 0.15) is 17.2 Å². The SMILES string of the molecule is CN(C)c1ccc([C@H](CNC(=O)C(=O)NCCc2ccc(F)cc2)N(C)C)cc1. The summed E-state index contributed by atoms with van der Waals surface area (Å²) in [6.45, 7) is 0.625. The average molecular weight is 400 g/mol. The van der Waals surface area contributed by atoms with Crippen molar-refractivity contribution >= 4 is 17.5 Å². The number of amides is 2. The van der Waals surface area contributed by atoms with Crippen LogP contribution in [0.5, 0.6) is 0 Å². The molecule has 0 fully saturated rings. The minimum Gasteiger partial charge on any atom is -0.378 e. The summed E-state index contributed by atoms with van der Waals surface area (Å²) >= 11 is 0. The van der Waals surface area contributed by atoms with Gasteiger partial charge in [0.1, 0.15) is 5.82 Å². The molecule has 0 radical (unpaired) electrons. The Morgan fingerprint density at radius 3 is 2.03 bits per heavy atom. The van der Waals surface area contributed by atoms with Crippen molar-refractivity contribution in [1.29, 1.82) is 0 Å². The summed E-state index contributed by atoms with van der Waals surface area (Å²) in [4.78, 5) is 28.2. The lowest BCUT2D eigenvalue weighted by molar-refractivity contribution is -0.139. The molecule has 0 unspecified atom stereocenters. The van der Waals surface area contributed by atoms with Crippen LogP contribution < -0.4 is 15.5 Å². The Bertz CT molecular complexity index is 805. The summed E-state index contributed by atoms with van der Waals surface area (Å²) in [6.07, 6.45) is 0.526. The minimum atomic E-state index is -0.674. The van der Waals surface area contributed by atoms with E-state index in [0.717, 1.165) is 16.8 Å². The molecule has 0 saturated carbocycles. The van der Waals surface area contributed by atoms with Crippen molar-refractivity contribution in [3.05, 3.63) is 65.5 Å². The predicted molar refractivity (Wildman–Crippen MR) is 113 cm³/mol. The fourth-order valence-electron chi connectivity index (χ4n) is 2.91. The number of likely N-dealkylation sites (N-methyl/N-ethyl adjacent to an activating group) is 1. The molecule has 0 spiro atoms. The van der Waals surface area contributed by atoms with E-state index in [9.17, 15) is 14.0 Å². The Morgan fingerprint density at radius 1 is 0.897 bits per heavy atom. The van der Waals surface area contributed by atoms with Gasteiger partial charge in [0.05, 0.1) is 6.04 Å². The van der Waals surface area contributed by atoms with Gasteiger partial charge in [0, 0.05) is 32.9 Å². The summed E-state index contributed by atoms with van der Waals surface area (Å²) in [6, 6.07) is 14.1. The number of nitrogens with zero attached hydrogens (tertiary/aromatic N) is 2. The summed E-state index contributed by atoms with van der Waals surface area (Å²) in [5.41, 5.74) is 3.04. The molecule has 0 aliphatic heterocycles. The van der Waals surface area contributed by atoms with Gasteiger partial charge in [0.15, 0.2) is 0 Å². The highest BCUT2D eigenvalue weighted by molar-refractivity contribution is 6.35. The van der Waals surface area contributed by atoms with Crippen LogP contribution in [0, 0.1) is 5.82 Å². The average Bonchev–Trinajstić information content (AvgIpc) is 2.69. The predicted octanol–water partition coefficient (Wildman–Crippen LogP) is 1.97. The summed E-state index contributed by atoms with van der Waals surface area (Å²) in [7, 11) is 7.82. The fraction of sp³-hybridized carbons (Fsp3) is 0.364. The monoisotopic (exact) mass is 400 g/mol. The number of carbonyl (C=O) groups excluding carboxylic acids is 2. The number of benzene rings is 2. The van der Waals surface area contributed by atoms with Crippen molar-refractivity contribution < 1.29 is 14.0 Å². The second-order valence-electron chi connectivity index (χ2n) is 7.31. The zero-order valence-electron chi connectivity index (χ0n) is 17.4. The van der Waals surface area contributed by atoms with E-state index in [-0.39, 0.29) is 11.9 Å². The Labute approximate surface area is 171 Å². The van der Waals surface area contributed by atoms with E-state index in [2.05, 4.69) is 10.6 Å². The third-order valence-corrected chi connectivity index (χ3v) is 4.69. The van der Waals surface area contributed by atoms with E-state index in [1.807, 2.05) is 62.3 Å². The summed E-state index contributed by atoms with van der Waals surface area (Å²) in [5, 5.41) is 5.30. The van der Waals surface area contributed by atoms with Crippen LogP contribution >= 0.6 is 0 Å². The molecule has 2 amide bonds. The first-order chi connectivity index (χ1) is 13.8. The lowest BCUT2D eigenvalue weighted by Gasteiger charge is -2.25. The molecule has 29 heavy (non-hydrogen) atoms. The fourth-order valence-corrected chi connectivity index (χ4v) is 2.91. The molecule has 0 aliphatic rings. The van der Waals surface area contributed by atoms with Crippen LogP contribution in [0.15, 0.2) is 48.5 Å². The highest BCUT2D eigenvalue weighted by atomic mass is 19.1. The number of carbonyl (C=O) groups is 2. The first-order valence-corrected chi connectivity index (χ1v) is 9.52. The zero-order valence-corrected chi connectivity index (χ0v) is 17.4. The Balaban J connectivity index is 1.84. The van der Waals surface area contributed by atoms with Crippen molar-refractivity contribution in [3.8, 4) is 0 Å². The number of rotatable bonds is 8. The third-order valence-electron chi connectivity index (χ3n) is 4.69. The van der Waals surface area contributed by atoms with E-state index in [1.54, 1.807) is 12.1 Å². The smallest absolute Gasteiger partial charge is 0.309 e. The molecule has 1 atom stereocenters. The van der Waals surface area contributed by atoms with E-state index < -0.39 is 11.8 Å². The number of nitrogens with one attached hydrogen (secondary N) is 2. The standard InChI is InChI=1S/C22H29FN4O2/c1-26(2)19-11-7-17(8-12-19)20(27(3)4)15-25-22(29)21(28)24-14-13-16-5-9-18(23)10-6-16/h5-12,20H,13-15H2,1-4H3,(H,24,28)(H,25,29)/t20-/m0/s1. The first-order valence-electron chi connectivity index (χ1n) is 9.52. The molecule has 156 valence electrons. The van der Waals surface area contributed by atoms with Gasteiger partial charge in [-0.25, -0.2) is 4.39 Å². The van der Waals surface area contributed by atoms with Crippen molar-refractivity contribution in [1.82, 2.24) is 15.5 Å². The first kappa shape index (κ1) is 22.4. The second kappa shape index (κ2) is 10.6. The van der Waals surface area contributed by atoms with Crippen LogP contribution in [-0.2, 0) is 16.0 Å². The highest BCUT2D eigenvalue weighted by Gasteiger charge is 2.18. The molecule has 6 nitrogen and oxygen atoms in total. The van der Waals surface area contributed by atoms with Gasteiger partial charge in [-0.05, 0) is 55.9 Å². The lowest BCUT2D eigenvalue weighted by Crippen LogP contribution is -2.43. The number of hydrogen-bond donors (Lipinski definition) is 2.